The van der Waals surface area contributed by atoms with Crippen LogP contribution < -0.4 is 5.32 Å². The van der Waals surface area contributed by atoms with E-state index in [1.54, 1.807) is 24.4 Å². The van der Waals surface area contributed by atoms with Gasteiger partial charge in [-0.15, -0.1) is 0 Å². The first kappa shape index (κ1) is 31.0. The van der Waals surface area contributed by atoms with Gasteiger partial charge in [-0.3, -0.25) is 4.99 Å². The summed E-state index contributed by atoms with van der Waals surface area (Å²) < 4.78 is 33.3. The predicted octanol–water partition coefficient (Wildman–Crippen LogP) is 2.63. The Hall–Kier alpha value is -4.02. The Morgan fingerprint density at radius 3 is 2.78 bits per heavy atom. The van der Waals surface area contributed by atoms with Gasteiger partial charge in [0.2, 0.25) is 16.0 Å². The molecule has 0 amide bonds. The van der Waals surface area contributed by atoms with Crippen molar-refractivity contribution in [3.63, 3.8) is 0 Å². The second-order valence-electron chi connectivity index (χ2n) is 10.8. The molecule has 6 rings (SSSR count). The van der Waals surface area contributed by atoms with E-state index in [-0.39, 0.29) is 47.5 Å². The molecule has 0 radical (unpaired) electrons. The molecule has 3 aromatic rings. The van der Waals surface area contributed by atoms with Gasteiger partial charge in [-0.05, 0) is 66.3 Å². The van der Waals surface area contributed by atoms with Crippen LogP contribution in [0.3, 0.4) is 0 Å². The number of carbonyl (C=O) groups excluding carboxylic acids is 1. The molecule has 2 aromatic carbocycles. The van der Waals surface area contributed by atoms with Crippen LogP contribution in [-0.4, -0.2) is 92.5 Å². The number of hydrogen-bond acceptors (Lipinski definition) is 13. The number of amidine groups is 1. The predicted molar refractivity (Wildman–Crippen MR) is 167 cm³/mol. The molecule has 4 heterocycles. The number of hydrogen-bond donors (Lipinski definition) is 4. The van der Waals surface area contributed by atoms with E-state index in [1.807, 2.05) is 23.7 Å². The number of piperidine rings is 1. The third-order valence-electron chi connectivity index (χ3n) is 7.72. The second-order valence-corrected chi connectivity index (χ2v) is 13.6. The van der Waals surface area contributed by atoms with Crippen molar-refractivity contribution in [2.75, 3.05) is 31.6 Å². The number of aliphatic imine (C=N–C) groups is 1. The maximum atomic E-state index is 13.5. The van der Waals surface area contributed by atoms with E-state index in [2.05, 4.69) is 15.2 Å². The Labute approximate surface area is 264 Å². The summed E-state index contributed by atoms with van der Waals surface area (Å²) in [6.07, 6.45) is 3.80. The van der Waals surface area contributed by atoms with Crippen LogP contribution >= 0.6 is 11.8 Å². The molecule has 2 unspecified atom stereocenters. The number of aromatic hydroxyl groups is 1. The van der Waals surface area contributed by atoms with Crippen molar-refractivity contribution in [2.45, 2.75) is 42.0 Å². The number of phenols is 1. The van der Waals surface area contributed by atoms with Gasteiger partial charge in [0.25, 0.3) is 0 Å². The number of esters is 1. The molecular weight excluding hydrogens is 620 g/mol. The van der Waals surface area contributed by atoms with Crippen LogP contribution in [0.1, 0.15) is 46.5 Å². The average molecular weight is 653 g/mol. The summed E-state index contributed by atoms with van der Waals surface area (Å²) in [4.78, 5) is 28.4. The van der Waals surface area contributed by atoms with E-state index in [4.69, 9.17) is 19.8 Å². The highest BCUT2D eigenvalue weighted by Crippen LogP contribution is 2.46. The molecule has 0 bridgehead atoms. The van der Waals surface area contributed by atoms with Crippen molar-refractivity contribution in [1.82, 2.24) is 19.2 Å². The van der Waals surface area contributed by atoms with Crippen LogP contribution in [0, 0.1) is 0 Å². The average Bonchev–Trinajstić information content (AvgIpc) is 3.66. The smallest absolute Gasteiger partial charge is 0.338 e. The van der Waals surface area contributed by atoms with Gasteiger partial charge in [0.15, 0.2) is 5.17 Å². The molecule has 3 aliphatic heterocycles. The zero-order chi connectivity index (χ0) is 31.6. The van der Waals surface area contributed by atoms with Gasteiger partial charge < -0.3 is 30.3 Å². The number of nitrogens with zero attached hydrogens (tertiary/aromatic N) is 5. The van der Waals surface area contributed by atoms with E-state index in [9.17, 15) is 23.4 Å². The molecule has 0 aliphatic carbocycles. The first-order valence-corrected chi connectivity index (χ1v) is 16.7. The molecule has 236 valence electrons. The number of sulfonamides is 1. The summed E-state index contributed by atoms with van der Waals surface area (Å²) in [5.74, 6) is -0.189. The van der Waals surface area contributed by atoms with E-state index >= 15 is 0 Å². The molecule has 0 spiro atoms. The lowest BCUT2D eigenvalue weighted by molar-refractivity contribution is 0.00932. The van der Waals surface area contributed by atoms with Crippen LogP contribution in [0.2, 0.25) is 0 Å². The van der Waals surface area contributed by atoms with Gasteiger partial charge in [-0.25, -0.2) is 23.2 Å². The minimum Gasteiger partial charge on any atom is -0.508 e. The molecule has 1 aromatic heterocycles. The Morgan fingerprint density at radius 1 is 1.18 bits per heavy atom. The Kier molecular flexibility index (Phi) is 9.05. The molecule has 45 heavy (non-hydrogen) atoms. The van der Waals surface area contributed by atoms with Crippen LogP contribution in [0.4, 0.5) is 5.95 Å². The summed E-state index contributed by atoms with van der Waals surface area (Å²) in [6.45, 7) is -0.365. The maximum Gasteiger partial charge on any atom is 0.338 e. The first-order valence-electron chi connectivity index (χ1n) is 14.4. The van der Waals surface area contributed by atoms with Gasteiger partial charge in [-0.2, -0.15) is 4.31 Å². The number of fused-ring (bicyclic) bond motifs is 1. The molecule has 4 N–H and O–H groups in total. The van der Waals surface area contributed by atoms with E-state index in [0.717, 1.165) is 22.8 Å². The van der Waals surface area contributed by atoms with Gasteiger partial charge in [-0.1, -0.05) is 23.9 Å². The number of phenolic OH excluding ortho intramolecular Hbond substituents is 1. The van der Waals surface area contributed by atoms with E-state index in [1.165, 1.54) is 40.3 Å². The quantitative estimate of drug-likeness (QED) is 0.236. The van der Waals surface area contributed by atoms with E-state index in [0.29, 0.717) is 18.9 Å². The summed E-state index contributed by atoms with van der Waals surface area (Å²) >= 11 is 1.52. The highest BCUT2D eigenvalue weighted by Gasteiger charge is 2.40. The van der Waals surface area contributed by atoms with Gasteiger partial charge in [0.05, 0.1) is 22.8 Å². The van der Waals surface area contributed by atoms with Gasteiger partial charge in [0.1, 0.15) is 30.5 Å². The third-order valence-corrected chi connectivity index (χ3v) is 10.4. The third kappa shape index (κ3) is 6.67. The normalized spacial score (nSPS) is 22.1. The molecule has 1 saturated heterocycles. The van der Waals surface area contributed by atoms with Gasteiger partial charge in [0, 0.05) is 31.5 Å². The maximum absolute atomic E-state index is 13.5. The van der Waals surface area contributed by atoms with Crippen molar-refractivity contribution in [1.29, 1.82) is 0 Å². The number of nitrogens with one attached hydrogen (secondary N) is 1. The van der Waals surface area contributed by atoms with Crippen LogP contribution in [0.5, 0.6) is 5.75 Å². The molecule has 1 fully saturated rings. The number of rotatable bonds is 10. The summed E-state index contributed by atoms with van der Waals surface area (Å²) in [6, 6.07) is 13.5. The topological polar surface area (TPSA) is 178 Å². The number of aliphatic hydroxyl groups is 2. The highest BCUT2D eigenvalue weighted by molar-refractivity contribution is 8.16. The highest BCUT2D eigenvalue weighted by atomic mass is 32.2. The van der Waals surface area contributed by atoms with Crippen molar-refractivity contribution in [3.8, 4) is 5.75 Å². The molecule has 13 nitrogen and oxygen atoms in total. The number of ether oxygens (including phenoxy) is 1. The Balaban J connectivity index is 1.14. The lowest BCUT2D eigenvalue weighted by atomic mass is 9.97. The summed E-state index contributed by atoms with van der Waals surface area (Å²) in [5.41, 5.74) is 1.72. The number of aromatic nitrogens is 2. The SMILES string of the molecule is O=C(OC[C@H](O)CO)c1ccc(S(=O)(=O)N2CCC[C@@H](Nc3nccc(C4C(c5cccc(O)c5)N=C5SC=CN54)n3)C2)cc1. The number of benzene rings is 2. The van der Waals surface area contributed by atoms with E-state index < -0.39 is 28.7 Å². The number of anilines is 1. The number of aliphatic hydroxyl groups excluding tert-OH is 2. The minimum atomic E-state index is -3.86. The number of carbonyl (C=O) groups is 1. The van der Waals surface area contributed by atoms with Crippen molar-refractivity contribution >= 4 is 38.9 Å². The molecule has 15 heteroatoms. The lowest BCUT2D eigenvalue weighted by Crippen LogP contribution is -2.45. The Bertz CT molecular complexity index is 1720. The Morgan fingerprint density at radius 2 is 2.00 bits per heavy atom. The largest absolute Gasteiger partial charge is 0.508 e. The minimum absolute atomic E-state index is 0.0416. The molecular formula is C30H32N6O7S2. The fourth-order valence-electron chi connectivity index (χ4n) is 5.49. The van der Waals surface area contributed by atoms with Crippen LogP contribution in [0.25, 0.3) is 0 Å². The van der Waals surface area contributed by atoms with Crippen molar-refractivity contribution in [2.24, 2.45) is 4.99 Å². The monoisotopic (exact) mass is 652 g/mol. The fourth-order valence-corrected chi connectivity index (χ4v) is 7.80. The number of thioether (sulfide) groups is 1. The van der Waals surface area contributed by atoms with Crippen LogP contribution in [-0.2, 0) is 14.8 Å². The second kappa shape index (κ2) is 13.1. The van der Waals surface area contributed by atoms with Gasteiger partial charge >= 0.3 is 5.97 Å². The standard InChI is InChI=1S/C30H32N6O7S2/c37-17-23(39)18-43-28(40)19-6-8-24(9-7-19)45(41,42)35-12-2-4-21(16-35)32-29-31-11-10-25(33-29)27-26(20-3-1-5-22(38)15-20)34-30-36(27)13-14-44-30/h1,3,5-11,13-15,21,23,26-27,37-39H,2,4,12,16-18H2,(H,31,32,33)/t21-,23-,26?,27?/m1/s1. The lowest BCUT2D eigenvalue weighted by Gasteiger charge is -2.32. The molecule has 3 aliphatic rings. The molecule has 0 saturated carbocycles. The first-order chi connectivity index (χ1) is 21.7. The zero-order valence-corrected chi connectivity index (χ0v) is 25.6. The van der Waals surface area contributed by atoms with Crippen molar-refractivity contribution in [3.05, 3.63) is 89.2 Å². The van der Waals surface area contributed by atoms with Crippen LogP contribution in [0.15, 0.2) is 82.3 Å². The van der Waals surface area contributed by atoms with Crippen molar-refractivity contribution < 1.29 is 33.3 Å². The fraction of sp³-hybridized carbons (Fsp3) is 0.333. The summed E-state index contributed by atoms with van der Waals surface area (Å²) in [7, 11) is -3.86. The summed E-state index contributed by atoms with van der Waals surface area (Å²) in [5, 5.41) is 34.5. The molecule has 4 atom stereocenters. The zero-order valence-electron chi connectivity index (χ0n) is 24.0.